The maximum absolute atomic E-state index is 12.9. The van der Waals surface area contributed by atoms with Gasteiger partial charge in [0.05, 0.1) is 6.20 Å². The second-order valence-corrected chi connectivity index (χ2v) is 6.03. The predicted molar refractivity (Wildman–Crippen MR) is 85.2 cm³/mol. The van der Waals surface area contributed by atoms with E-state index in [9.17, 15) is 9.18 Å². The summed E-state index contributed by atoms with van der Waals surface area (Å²) in [7, 11) is 0. The molecule has 23 heavy (non-hydrogen) atoms. The van der Waals surface area contributed by atoms with Gasteiger partial charge in [-0.3, -0.25) is 4.79 Å². The van der Waals surface area contributed by atoms with E-state index in [2.05, 4.69) is 10.3 Å². The number of halogens is 1. The molecule has 1 saturated carbocycles. The zero-order valence-electron chi connectivity index (χ0n) is 13.1. The number of hydrogen-bond acceptors (Lipinski definition) is 3. The number of aryl methyl sites for hydroxylation is 1. The summed E-state index contributed by atoms with van der Waals surface area (Å²) in [5.41, 5.74) is 0.775. The van der Waals surface area contributed by atoms with Crippen molar-refractivity contribution < 1.29 is 13.6 Å². The molecule has 0 bridgehead atoms. The number of aromatic nitrogens is 1. The van der Waals surface area contributed by atoms with Gasteiger partial charge in [0.2, 0.25) is 5.91 Å². The van der Waals surface area contributed by atoms with Crippen LogP contribution in [-0.4, -0.2) is 16.9 Å². The average Bonchev–Trinajstić information content (AvgIpc) is 3.04. The lowest BCUT2D eigenvalue weighted by Crippen LogP contribution is -2.36. The van der Waals surface area contributed by atoms with Crippen LogP contribution < -0.4 is 5.32 Å². The van der Waals surface area contributed by atoms with Gasteiger partial charge in [-0.15, -0.1) is 0 Å². The third-order valence-electron chi connectivity index (χ3n) is 4.22. The number of hydrogen-bond donors (Lipinski definition) is 1. The standard InChI is InChI=1S/C18H21FN2O2/c19-14-8-6-13(7-9-14)16-12-20-18(23-16)11-10-17(22)21-15-4-2-1-3-5-15/h6-9,12,15H,1-5,10-11H2,(H,21,22). The van der Waals surface area contributed by atoms with Gasteiger partial charge in [0.25, 0.3) is 0 Å². The Morgan fingerprint density at radius 2 is 1.96 bits per heavy atom. The molecule has 1 amide bonds. The van der Waals surface area contributed by atoms with Crippen molar-refractivity contribution in [3.8, 4) is 11.3 Å². The van der Waals surface area contributed by atoms with Gasteiger partial charge in [-0.25, -0.2) is 9.37 Å². The lowest BCUT2D eigenvalue weighted by atomic mass is 9.95. The summed E-state index contributed by atoms with van der Waals surface area (Å²) in [5, 5.41) is 3.08. The van der Waals surface area contributed by atoms with Crippen LogP contribution in [0.2, 0.25) is 0 Å². The quantitative estimate of drug-likeness (QED) is 0.911. The van der Waals surface area contributed by atoms with E-state index in [1.54, 1.807) is 18.3 Å². The number of carbonyl (C=O) groups is 1. The fourth-order valence-electron chi connectivity index (χ4n) is 2.94. The van der Waals surface area contributed by atoms with Gasteiger partial charge in [-0.1, -0.05) is 19.3 Å². The van der Waals surface area contributed by atoms with Crippen LogP contribution in [0.5, 0.6) is 0 Å². The van der Waals surface area contributed by atoms with Gasteiger partial charge in [0, 0.05) is 24.4 Å². The maximum atomic E-state index is 12.9. The van der Waals surface area contributed by atoms with E-state index in [0.717, 1.165) is 18.4 Å². The van der Waals surface area contributed by atoms with Crippen LogP contribution in [0.4, 0.5) is 4.39 Å². The molecule has 2 aromatic rings. The fraction of sp³-hybridized carbons (Fsp3) is 0.444. The van der Waals surface area contributed by atoms with Crippen LogP contribution in [0.1, 0.15) is 44.4 Å². The molecule has 0 radical (unpaired) electrons. The SMILES string of the molecule is O=C(CCc1ncc(-c2ccc(F)cc2)o1)NC1CCCCC1. The Kier molecular flexibility index (Phi) is 5.05. The minimum absolute atomic E-state index is 0.0541. The molecule has 0 aliphatic heterocycles. The molecular formula is C18H21FN2O2. The number of amides is 1. The molecule has 0 unspecified atom stereocenters. The molecule has 3 rings (SSSR count). The number of carbonyl (C=O) groups excluding carboxylic acids is 1. The summed E-state index contributed by atoms with van der Waals surface area (Å²) in [6.07, 6.45) is 8.30. The van der Waals surface area contributed by atoms with Crippen LogP contribution in [0.15, 0.2) is 34.9 Å². The molecule has 0 saturated heterocycles. The molecule has 5 heteroatoms. The van der Waals surface area contributed by atoms with Crippen LogP contribution in [0.3, 0.4) is 0 Å². The summed E-state index contributed by atoms with van der Waals surface area (Å²) in [4.78, 5) is 16.2. The number of nitrogens with one attached hydrogen (secondary N) is 1. The first-order valence-electron chi connectivity index (χ1n) is 8.21. The lowest BCUT2D eigenvalue weighted by Gasteiger charge is -2.22. The maximum Gasteiger partial charge on any atom is 0.220 e. The van der Waals surface area contributed by atoms with Gasteiger partial charge in [0.1, 0.15) is 5.82 Å². The summed E-state index contributed by atoms with van der Waals surface area (Å²) in [6.45, 7) is 0. The molecule has 1 heterocycles. The summed E-state index contributed by atoms with van der Waals surface area (Å²) >= 11 is 0. The van der Waals surface area contributed by atoms with Gasteiger partial charge >= 0.3 is 0 Å². The molecule has 122 valence electrons. The van der Waals surface area contributed by atoms with Crippen LogP contribution in [-0.2, 0) is 11.2 Å². The smallest absolute Gasteiger partial charge is 0.220 e. The first kappa shape index (κ1) is 15.7. The largest absolute Gasteiger partial charge is 0.441 e. The van der Waals surface area contributed by atoms with E-state index < -0.39 is 0 Å². The minimum Gasteiger partial charge on any atom is -0.441 e. The Bertz CT molecular complexity index is 645. The van der Waals surface area contributed by atoms with Crippen LogP contribution in [0.25, 0.3) is 11.3 Å². The van der Waals surface area contributed by atoms with Crippen molar-refractivity contribution in [2.45, 2.75) is 51.0 Å². The highest BCUT2D eigenvalue weighted by Crippen LogP contribution is 2.21. The molecule has 0 atom stereocenters. The fourth-order valence-corrected chi connectivity index (χ4v) is 2.94. The van der Waals surface area contributed by atoms with E-state index in [1.165, 1.54) is 31.4 Å². The van der Waals surface area contributed by atoms with Crippen molar-refractivity contribution in [3.63, 3.8) is 0 Å². The van der Waals surface area contributed by atoms with Gasteiger partial charge in [-0.05, 0) is 37.1 Å². The van der Waals surface area contributed by atoms with Gasteiger partial charge in [0.15, 0.2) is 11.7 Å². The van der Waals surface area contributed by atoms with Crippen molar-refractivity contribution in [2.75, 3.05) is 0 Å². The summed E-state index contributed by atoms with van der Waals surface area (Å²) in [6, 6.07) is 6.39. The summed E-state index contributed by atoms with van der Waals surface area (Å²) < 4.78 is 18.6. The first-order valence-corrected chi connectivity index (χ1v) is 8.21. The topological polar surface area (TPSA) is 55.1 Å². The van der Waals surface area contributed by atoms with Crippen LogP contribution >= 0.6 is 0 Å². The van der Waals surface area contributed by atoms with Crippen molar-refractivity contribution in [1.29, 1.82) is 0 Å². The molecule has 1 aliphatic carbocycles. The zero-order valence-corrected chi connectivity index (χ0v) is 13.1. The van der Waals surface area contributed by atoms with Crippen molar-refractivity contribution in [1.82, 2.24) is 10.3 Å². The van der Waals surface area contributed by atoms with E-state index >= 15 is 0 Å². The van der Waals surface area contributed by atoms with Crippen molar-refractivity contribution in [2.24, 2.45) is 0 Å². The van der Waals surface area contributed by atoms with E-state index in [4.69, 9.17) is 4.42 Å². The predicted octanol–water partition coefficient (Wildman–Crippen LogP) is 3.86. The normalized spacial score (nSPS) is 15.5. The minimum atomic E-state index is -0.284. The number of oxazole rings is 1. The Morgan fingerprint density at radius 3 is 2.70 bits per heavy atom. The molecule has 4 nitrogen and oxygen atoms in total. The zero-order chi connectivity index (χ0) is 16.1. The molecule has 1 N–H and O–H groups in total. The highest BCUT2D eigenvalue weighted by Gasteiger charge is 2.16. The average molecular weight is 316 g/mol. The Balaban J connectivity index is 1.50. The van der Waals surface area contributed by atoms with E-state index in [0.29, 0.717) is 30.5 Å². The summed E-state index contributed by atoms with van der Waals surface area (Å²) in [5.74, 6) is 0.891. The lowest BCUT2D eigenvalue weighted by molar-refractivity contribution is -0.122. The van der Waals surface area contributed by atoms with Crippen molar-refractivity contribution >= 4 is 5.91 Å². The second kappa shape index (κ2) is 7.40. The van der Waals surface area contributed by atoms with Gasteiger partial charge in [-0.2, -0.15) is 0 Å². The molecule has 1 aliphatic rings. The third-order valence-corrected chi connectivity index (χ3v) is 4.22. The molecular weight excluding hydrogens is 295 g/mol. The first-order chi connectivity index (χ1) is 11.2. The third kappa shape index (κ3) is 4.41. The second-order valence-electron chi connectivity index (χ2n) is 6.03. The highest BCUT2D eigenvalue weighted by molar-refractivity contribution is 5.76. The molecule has 0 spiro atoms. The molecule has 1 aromatic heterocycles. The molecule has 1 fully saturated rings. The van der Waals surface area contributed by atoms with Gasteiger partial charge < -0.3 is 9.73 Å². The monoisotopic (exact) mass is 316 g/mol. The highest BCUT2D eigenvalue weighted by atomic mass is 19.1. The Hall–Kier alpha value is -2.17. The number of rotatable bonds is 5. The van der Waals surface area contributed by atoms with E-state index in [1.807, 2.05) is 0 Å². The molecule has 1 aromatic carbocycles. The van der Waals surface area contributed by atoms with E-state index in [-0.39, 0.29) is 11.7 Å². The van der Waals surface area contributed by atoms with Crippen LogP contribution in [0, 0.1) is 5.82 Å². The Labute approximate surface area is 135 Å². The number of nitrogens with zero attached hydrogens (tertiary/aromatic N) is 1. The van der Waals surface area contributed by atoms with Crippen molar-refractivity contribution in [3.05, 3.63) is 42.2 Å². The Morgan fingerprint density at radius 1 is 1.22 bits per heavy atom. The number of benzene rings is 1.